The highest BCUT2D eigenvalue weighted by Gasteiger charge is 2.34. The normalized spacial score (nSPS) is 17.3. The number of amides is 1. The molecular formula is C23H25ClFN5O3. The van der Waals surface area contributed by atoms with Crippen molar-refractivity contribution in [1.82, 2.24) is 24.4 Å². The predicted molar refractivity (Wildman–Crippen MR) is 120 cm³/mol. The van der Waals surface area contributed by atoms with E-state index in [9.17, 15) is 14.3 Å². The zero-order valence-corrected chi connectivity index (χ0v) is 19.4. The predicted octanol–water partition coefficient (Wildman–Crippen LogP) is 2.74. The maximum atomic E-state index is 14.0. The number of nitrogens with zero attached hydrogens (tertiary/aromatic N) is 5. The number of aliphatic hydroxyl groups is 1. The number of benzene rings is 1. The second-order valence-corrected chi connectivity index (χ2v) is 9.24. The molecule has 8 nitrogen and oxygen atoms in total. The van der Waals surface area contributed by atoms with E-state index in [-0.39, 0.29) is 17.8 Å². The Labute approximate surface area is 195 Å². The van der Waals surface area contributed by atoms with Gasteiger partial charge in [-0.3, -0.25) is 9.69 Å². The summed E-state index contributed by atoms with van der Waals surface area (Å²) in [6, 6.07) is 3.99. The van der Waals surface area contributed by atoms with E-state index in [0.29, 0.717) is 54.7 Å². The van der Waals surface area contributed by atoms with Gasteiger partial charge in [0.1, 0.15) is 17.7 Å². The van der Waals surface area contributed by atoms with E-state index in [1.54, 1.807) is 16.3 Å². The number of hydrogen-bond acceptors (Lipinski definition) is 6. The van der Waals surface area contributed by atoms with Crippen LogP contribution in [-0.2, 0) is 13.1 Å². The van der Waals surface area contributed by atoms with E-state index < -0.39 is 11.9 Å². The molecule has 2 aliphatic heterocycles. The van der Waals surface area contributed by atoms with Gasteiger partial charge in [-0.25, -0.2) is 13.9 Å². The Morgan fingerprint density at radius 1 is 1.33 bits per heavy atom. The minimum atomic E-state index is -0.462. The lowest BCUT2D eigenvalue weighted by Crippen LogP contribution is -2.55. The number of carbonyl (C=O) groups excluding carboxylic acids is 1. The Bertz CT molecular complexity index is 1250. The summed E-state index contributed by atoms with van der Waals surface area (Å²) in [6.07, 6.45) is -0.578. The highest BCUT2D eigenvalue weighted by molar-refractivity contribution is 6.31. The zero-order valence-electron chi connectivity index (χ0n) is 18.7. The number of halogens is 2. The van der Waals surface area contributed by atoms with Gasteiger partial charge in [0, 0.05) is 31.3 Å². The van der Waals surface area contributed by atoms with E-state index in [0.717, 1.165) is 17.0 Å². The molecule has 2 aliphatic rings. The molecule has 3 aromatic rings. The molecule has 0 bridgehead atoms. The maximum absolute atomic E-state index is 14.0. The molecular weight excluding hydrogens is 449 g/mol. The van der Waals surface area contributed by atoms with Crippen LogP contribution in [0.5, 0.6) is 5.75 Å². The molecule has 1 aromatic carbocycles. The molecule has 33 heavy (non-hydrogen) atoms. The quantitative estimate of drug-likeness (QED) is 0.613. The molecule has 4 heterocycles. The lowest BCUT2D eigenvalue weighted by molar-refractivity contribution is -0.00489. The molecule has 5 rings (SSSR count). The molecule has 1 amide bonds. The average molecular weight is 474 g/mol. The third-order valence-corrected chi connectivity index (χ3v) is 6.70. The fourth-order valence-corrected chi connectivity index (χ4v) is 4.62. The molecule has 1 atom stereocenters. The SMILES string of the molecule is Cc1nc2c3c(nn2c(C)c1Cl)CN(C(=O)c1ccc(F)cc1OC1CN(CC(C)O)C1)C3. The average Bonchev–Trinajstić information content (AvgIpc) is 3.29. The Balaban J connectivity index is 1.35. The monoisotopic (exact) mass is 473 g/mol. The lowest BCUT2D eigenvalue weighted by Gasteiger charge is -2.39. The molecule has 0 saturated carbocycles. The Morgan fingerprint density at radius 2 is 2.09 bits per heavy atom. The number of fused-ring (bicyclic) bond motifs is 3. The summed E-state index contributed by atoms with van der Waals surface area (Å²) < 4.78 is 21.7. The summed E-state index contributed by atoms with van der Waals surface area (Å²) in [4.78, 5) is 21.7. The molecule has 10 heteroatoms. The van der Waals surface area contributed by atoms with E-state index in [2.05, 4.69) is 10.1 Å². The van der Waals surface area contributed by atoms with E-state index >= 15 is 0 Å². The standard InChI is InChI=1S/C23H25ClFN5O3/c1-12(31)7-28-8-16(9-28)33-20-6-15(25)4-5-17(20)23(32)29-10-18-19(11-29)27-30-14(3)21(24)13(2)26-22(18)30/h4-6,12,16,31H,7-11H2,1-3H3. The van der Waals surface area contributed by atoms with Gasteiger partial charge < -0.3 is 14.7 Å². The minimum Gasteiger partial charge on any atom is -0.487 e. The first-order valence-corrected chi connectivity index (χ1v) is 11.3. The number of aliphatic hydroxyl groups excluding tert-OH is 1. The summed E-state index contributed by atoms with van der Waals surface area (Å²) in [5, 5.41) is 14.7. The lowest BCUT2D eigenvalue weighted by atomic mass is 10.1. The summed E-state index contributed by atoms with van der Waals surface area (Å²) in [5.74, 6) is -0.475. The van der Waals surface area contributed by atoms with Gasteiger partial charge in [0.15, 0.2) is 5.65 Å². The van der Waals surface area contributed by atoms with Crippen LogP contribution < -0.4 is 4.74 Å². The molecule has 1 N–H and O–H groups in total. The largest absolute Gasteiger partial charge is 0.487 e. The number of carbonyl (C=O) groups is 1. The minimum absolute atomic E-state index is 0.156. The fourth-order valence-electron chi connectivity index (χ4n) is 4.50. The first-order valence-electron chi connectivity index (χ1n) is 10.9. The molecule has 2 aromatic heterocycles. The van der Waals surface area contributed by atoms with Crippen LogP contribution in [0.25, 0.3) is 5.65 Å². The van der Waals surface area contributed by atoms with Crippen LogP contribution in [-0.4, -0.2) is 67.3 Å². The van der Waals surface area contributed by atoms with Crippen molar-refractivity contribution in [3.05, 3.63) is 57.2 Å². The van der Waals surface area contributed by atoms with Gasteiger partial charge in [0.25, 0.3) is 5.91 Å². The van der Waals surface area contributed by atoms with E-state index in [4.69, 9.17) is 16.3 Å². The third-order valence-electron chi connectivity index (χ3n) is 6.16. The highest BCUT2D eigenvalue weighted by atomic mass is 35.5. The number of β-amino-alcohol motifs (C(OH)–C–C–N with tert-alkyl or cyclic N) is 1. The summed E-state index contributed by atoms with van der Waals surface area (Å²) in [5.41, 5.74) is 4.21. The summed E-state index contributed by atoms with van der Waals surface area (Å²) >= 11 is 6.31. The summed E-state index contributed by atoms with van der Waals surface area (Å²) in [6.45, 7) is 7.94. The Hall–Kier alpha value is -2.75. The maximum Gasteiger partial charge on any atom is 0.258 e. The van der Waals surface area contributed by atoms with E-state index in [1.165, 1.54) is 18.2 Å². The van der Waals surface area contributed by atoms with Crippen LogP contribution in [0.3, 0.4) is 0 Å². The van der Waals surface area contributed by atoms with Crippen molar-refractivity contribution in [2.75, 3.05) is 19.6 Å². The van der Waals surface area contributed by atoms with Crippen LogP contribution in [0.15, 0.2) is 18.2 Å². The van der Waals surface area contributed by atoms with Gasteiger partial charge in [-0.05, 0) is 32.9 Å². The number of likely N-dealkylation sites (tertiary alicyclic amines) is 1. The second-order valence-electron chi connectivity index (χ2n) is 8.87. The highest BCUT2D eigenvalue weighted by Crippen LogP contribution is 2.32. The van der Waals surface area contributed by atoms with Crippen LogP contribution in [0, 0.1) is 19.7 Å². The molecule has 1 fully saturated rings. The van der Waals surface area contributed by atoms with E-state index in [1.807, 2.05) is 18.7 Å². The van der Waals surface area contributed by atoms with Crippen LogP contribution in [0.4, 0.5) is 4.39 Å². The van der Waals surface area contributed by atoms with Crippen molar-refractivity contribution >= 4 is 23.2 Å². The topological polar surface area (TPSA) is 83.2 Å². The number of rotatable bonds is 5. The van der Waals surface area contributed by atoms with Crippen LogP contribution >= 0.6 is 11.6 Å². The van der Waals surface area contributed by atoms with Crippen LogP contribution in [0.1, 0.15) is 39.9 Å². The van der Waals surface area contributed by atoms with Crippen molar-refractivity contribution in [3.63, 3.8) is 0 Å². The number of ether oxygens (including phenoxy) is 1. The fraction of sp³-hybridized carbons (Fsp3) is 0.435. The number of hydrogen-bond donors (Lipinski definition) is 1. The smallest absolute Gasteiger partial charge is 0.258 e. The van der Waals surface area contributed by atoms with Crippen molar-refractivity contribution in [2.45, 2.75) is 46.1 Å². The van der Waals surface area contributed by atoms with Gasteiger partial charge >= 0.3 is 0 Å². The summed E-state index contributed by atoms with van der Waals surface area (Å²) in [7, 11) is 0. The van der Waals surface area contributed by atoms with Crippen molar-refractivity contribution in [1.29, 1.82) is 0 Å². The van der Waals surface area contributed by atoms with Gasteiger partial charge in [0.2, 0.25) is 0 Å². The van der Waals surface area contributed by atoms with Gasteiger partial charge in [-0.15, -0.1) is 0 Å². The molecule has 0 aliphatic carbocycles. The molecule has 1 saturated heterocycles. The number of aromatic nitrogens is 3. The first-order chi connectivity index (χ1) is 15.7. The van der Waals surface area contributed by atoms with Crippen molar-refractivity contribution in [2.24, 2.45) is 0 Å². The molecule has 1 unspecified atom stereocenters. The number of aryl methyl sites for hydroxylation is 2. The molecule has 0 spiro atoms. The molecule has 174 valence electrons. The first kappa shape index (κ1) is 22.1. The van der Waals surface area contributed by atoms with Crippen LogP contribution in [0.2, 0.25) is 5.02 Å². The van der Waals surface area contributed by atoms with Gasteiger partial charge in [-0.2, -0.15) is 5.10 Å². The van der Waals surface area contributed by atoms with Crippen molar-refractivity contribution in [3.8, 4) is 5.75 Å². The third kappa shape index (κ3) is 3.94. The van der Waals surface area contributed by atoms with Gasteiger partial charge in [0.05, 0.1) is 46.9 Å². The molecule has 0 radical (unpaired) electrons. The second kappa shape index (κ2) is 8.23. The Morgan fingerprint density at radius 3 is 2.82 bits per heavy atom. The Kier molecular flexibility index (Phi) is 5.50. The van der Waals surface area contributed by atoms with Crippen molar-refractivity contribution < 1.29 is 19.0 Å². The van der Waals surface area contributed by atoms with Gasteiger partial charge in [-0.1, -0.05) is 11.6 Å². The zero-order chi connectivity index (χ0) is 23.4.